The maximum atomic E-state index is 13.6. The summed E-state index contributed by atoms with van der Waals surface area (Å²) in [5.74, 6) is -1.23. The number of rotatable bonds is 3. The summed E-state index contributed by atoms with van der Waals surface area (Å²) in [7, 11) is 1.66. The van der Waals surface area contributed by atoms with Crippen molar-refractivity contribution < 1.29 is 9.18 Å². The number of nitrogens with one attached hydrogen (secondary N) is 2. The van der Waals surface area contributed by atoms with Crippen LogP contribution in [0.5, 0.6) is 0 Å². The lowest BCUT2D eigenvalue weighted by molar-refractivity contribution is 0.102. The van der Waals surface area contributed by atoms with Crippen LogP contribution in [-0.2, 0) is 0 Å². The molecule has 0 aliphatic heterocycles. The second-order valence-corrected chi connectivity index (χ2v) is 4.40. The molecule has 0 atom stereocenters. The SMILES string of the molecule is CNc1nnc(C(=O)Nc2ccc(C#N)cc2F)s1. The Kier molecular flexibility index (Phi) is 3.68. The van der Waals surface area contributed by atoms with Crippen LogP contribution in [0.1, 0.15) is 15.4 Å². The lowest BCUT2D eigenvalue weighted by Crippen LogP contribution is -2.12. The molecular weight excluding hydrogens is 269 g/mol. The van der Waals surface area contributed by atoms with Crippen molar-refractivity contribution in [3.8, 4) is 6.07 Å². The second-order valence-electron chi connectivity index (χ2n) is 3.42. The lowest BCUT2D eigenvalue weighted by Gasteiger charge is -2.03. The van der Waals surface area contributed by atoms with Gasteiger partial charge in [-0.2, -0.15) is 5.26 Å². The van der Waals surface area contributed by atoms with Gasteiger partial charge in [-0.05, 0) is 18.2 Å². The molecule has 0 spiro atoms. The molecule has 1 amide bonds. The highest BCUT2D eigenvalue weighted by molar-refractivity contribution is 7.17. The van der Waals surface area contributed by atoms with E-state index in [-0.39, 0.29) is 16.3 Å². The zero-order valence-electron chi connectivity index (χ0n) is 9.77. The standard InChI is InChI=1S/C11H8FN5OS/c1-14-11-17-16-10(19-11)9(18)15-8-3-2-6(5-13)4-7(8)12/h2-4H,1H3,(H,14,17)(H,15,18). The summed E-state index contributed by atoms with van der Waals surface area (Å²) in [5, 5.41) is 21.7. The molecule has 1 aromatic heterocycles. The molecule has 0 saturated heterocycles. The molecule has 96 valence electrons. The van der Waals surface area contributed by atoms with Gasteiger partial charge in [0, 0.05) is 7.05 Å². The fourth-order valence-corrected chi connectivity index (χ4v) is 1.87. The van der Waals surface area contributed by atoms with Gasteiger partial charge in [0.25, 0.3) is 5.91 Å². The highest BCUT2D eigenvalue weighted by atomic mass is 32.1. The molecule has 0 aliphatic carbocycles. The summed E-state index contributed by atoms with van der Waals surface area (Å²) in [6.45, 7) is 0. The monoisotopic (exact) mass is 277 g/mol. The molecule has 6 nitrogen and oxygen atoms in total. The molecule has 8 heteroatoms. The van der Waals surface area contributed by atoms with Gasteiger partial charge in [-0.25, -0.2) is 4.39 Å². The van der Waals surface area contributed by atoms with E-state index in [1.807, 2.05) is 6.07 Å². The zero-order valence-corrected chi connectivity index (χ0v) is 10.6. The van der Waals surface area contributed by atoms with Gasteiger partial charge in [0.2, 0.25) is 10.1 Å². The van der Waals surface area contributed by atoms with E-state index < -0.39 is 11.7 Å². The van der Waals surface area contributed by atoms with Gasteiger partial charge in [0.1, 0.15) is 5.82 Å². The Labute approximate surface area is 111 Å². The minimum atomic E-state index is -0.675. The fourth-order valence-electron chi connectivity index (χ4n) is 1.28. The molecule has 0 saturated carbocycles. The third-order valence-electron chi connectivity index (χ3n) is 2.18. The van der Waals surface area contributed by atoms with Crippen molar-refractivity contribution in [2.75, 3.05) is 17.7 Å². The molecule has 2 N–H and O–H groups in total. The number of hydrogen-bond donors (Lipinski definition) is 2. The minimum Gasteiger partial charge on any atom is -0.363 e. The van der Waals surface area contributed by atoms with E-state index in [0.29, 0.717) is 5.13 Å². The van der Waals surface area contributed by atoms with Crippen molar-refractivity contribution >= 4 is 28.1 Å². The third kappa shape index (κ3) is 2.83. The van der Waals surface area contributed by atoms with E-state index >= 15 is 0 Å². The third-order valence-corrected chi connectivity index (χ3v) is 3.12. The van der Waals surface area contributed by atoms with Crippen LogP contribution in [-0.4, -0.2) is 23.2 Å². The molecule has 0 bridgehead atoms. The van der Waals surface area contributed by atoms with Gasteiger partial charge in [0.05, 0.1) is 17.3 Å². The highest BCUT2D eigenvalue weighted by Crippen LogP contribution is 2.19. The number of nitriles is 1. The van der Waals surface area contributed by atoms with Gasteiger partial charge in [-0.15, -0.1) is 10.2 Å². The number of benzene rings is 1. The average Bonchev–Trinajstić information content (AvgIpc) is 2.90. The van der Waals surface area contributed by atoms with Gasteiger partial charge >= 0.3 is 0 Å². The number of nitrogens with zero attached hydrogens (tertiary/aromatic N) is 3. The molecule has 0 unspecified atom stereocenters. The summed E-state index contributed by atoms with van der Waals surface area (Å²) in [6.07, 6.45) is 0. The molecule has 1 heterocycles. The van der Waals surface area contributed by atoms with Crippen molar-refractivity contribution in [1.29, 1.82) is 5.26 Å². The van der Waals surface area contributed by atoms with Crippen LogP contribution in [0.4, 0.5) is 15.2 Å². The number of anilines is 2. The van der Waals surface area contributed by atoms with Gasteiger partial charge < -0.3 is 10.6 Å². The van der Waals surface area contributed by atoms with Crippen LogP contribution in [0.2, 0.25) is 0 Å². The first-order valence-corrected chi connectivity index (χ1v) is 5.98. The Morgan fingerprint density at radius 2 is 2.26 bits per heavy atom. The van der Waals surface area contributed by atoms with Crippen molar-refractivity contribution in [2.24, 2.45) is 0 Å². The molecule has 0 radical (unpaired) electrons. The highest BCUT2D eigenvalue weighted by Gasteiger charge is 2.14. The largest absolute Gasteiger partial charge is 0.363 e. The van der Waals surface area contributed by atoms with E-state index in [1.165, 1.54) is 12.1 Å². The van der Waals surface area contributed by atoms with E-state index in [0.717, 1.165) is 17.4 Å². The van der Waals surface area contributed by atoms with Crippen LogP contribution in [0.15, 0.2) is 18.2 Å². The second kappa shape index (κ2) is 5.41. The topological polar surface area (TPSA) is 90.7 Å². The van der Waals surface area contributed by atoms with Crippen molar-refractivity contribution in [1.82, 2.24) is 10.2 Å². The maximum Gasteiger partial charge on any atom is 0.286 e. The quantitative estimate of drug-likeness (QED) is 0.893. The Morgan fingerprint density at radius 1 is 1.47 bits per heavy atom. The summed E-state index contributed by atoms with van der Waals surface area (Å²) < 4.78 is 13.6. The van der Waals surface area contributed by atoms with Crippen LogP contribution in [0, 0.1) is 17.1 Å². The normalized spacial score (nSPS) is 9.74. The number of carbonyl (C=O) groups excluding carboxylic acids is 1. The van der Waals surface area contributed by atoms with Crippen LogP contribution < -0.4 is 10.6 Å². The summed E-state index contributed by atoms with van der Waals surface area (Å²) in [4.78, 5) is 11.8. The summed E-state index contributed by atoms with van der Waals surface area (Å²) >= 11 is 1.05. The number of aromatic nitrogens is 2. The Hall–Kier alpha value is -2.53. The number of hydrogen-bond acceptors (Lipinski definition) is 6. The minimum absolute atomic E-state index is 0.00907. The number of amides is 1. The van der Waals surface area contributed by atoms with Crippen LogP contribution >= 0.6 is 11.3 Å². The molecule has 0 aliphatic rings. The summed E-state index contributed by atoms with van der Waals surface area (Å²) in [5.41, 5.74) is 0.175. The smallest absolute Gasteiger partial charge is 0.286 e. The summed E-state index contributed by atoms with van der Waals surface area (Å²) in [6, 6.07) is 5.60. The van der Waals surface area contributed by atoms with Gasteiger partial charge in [0.15, 0.2) is 0 Å². The molecular formula is C11H8FN5OS. The predicted octanol–water partition coefficient (Wildman–Crippen LogP) is 1.84. The molecule has 1 aromatic carbocycles. The van der Waals surface area contributed by atoms with E-state index in [4.69, 9.17) is 5.26 Å². The molecule has 19 heavy (non-hydrogen) atoms. The molecule has 2 aromatic rings. The lowest BCUT2D eigenvalue weighted by atomic mass is 10.2. The molecule has 0 fully saturated rings. The first-order chi connectivity index (χ1) is 9.13. The van der Waals surface area contributed by atoms with E-state index in [1.54, 1.807) is 7.05 Å². The first kappa shape index (κ1) is 12.9. The Morgan fingerprint density at radius 3 is 2.84 bits per heavy atom. The Bertz CT molecular complexity index is 663. The number of halogens is 1. The van der Waals surface area contributed by atoms with E-state index in [2.05, 4.69) is 20.8 Å². The number of carbonyl (C=O) groups is 1. The predicted molar refractivity (Wildman–Crippen MR) is 68.5 cm³/mol. The van der Waals surface area contributed by atoms with Gasteiger partial charge in [-0.1, -0.05) is 11.3 Å². The zero-order chi connectivity index (χ0) is 13.8. The van der Waals surface area contributed by atoms with Crippen molar-refractivity contribution in [3.05, 3.63) is 34.6 Å². The van der Waals surface area contributed by atoms with Crippen molar-refractivity contribution in [3.63, 3.8) is 0 Å². The molecule has 2 rings (SSSR count). The Balaban J connectivity index is 2.17. The average molecular weight is 277 g/mol. The van der Waals surface area contributed by atoms with Crippen LogP contribution in [0.25, 0.3) is 0 Å². The van der Waals surface area contributed by atoms with Gasteiger partial charge in [-0.3, -0.25) is 4.79 Å². The van der Waals surface area contributed by atoms with E-state index in [9.17, 15) is 9.18 Å². The maximum absolute atomic E-state index is 13.6. The first-order valence-electron chi connectivity index (χ1n) is 5.16. The fraction of sp³-hybridized carbons (Fsp3) is 0.0909. The van der Waals surface area contributed by atoms with Crippen LogP contribution in [0.3, 0.4) is 0 Å². The van der Waals surface area contributed by atoms with Crippen molar-refractivity contribution in [2.45, 2.75) is 0 Å².